The Morgan fingerprint density at radius 1 is 1.48 bits per heavy atom. The lowest BCUT2D eigenvalue weighted by Crippen LogP contribution is -2.63. The zero-order valence-corrected chi connectivity index (χ0v) is 12.2. The van der Waals surface area contributed by atoms with E-state index in [0.717, 1.165) is 0 Å². The fourth-order valence-electron chi connectivity index (χ4n) is 2.37. The number of nitrogens with zero attached hydrogens (tertiary/aromatic N) is 1. The molecule has 1 aliphatic rings. The molecule has 0 aliphatic carbocycles. The monoisotopic (exact) mass is 294 g/mol. The zero-order chi connectivity index (χ0) is 15.8. The van der Waals surface area contributed by atoms with Gasteiger partial charge in [0.2, 0.25) is 5.91 Å². The Balaban J connectivity index is 2.36. The first kappa shape index (κ1) is 15.1. The molecule has 2 amide bonds. The third-order valence-corrected chi connectivity index (χ3v) is 3.67. The van der Waals surface area contributed by atoms with Crippen LogP contribution in [0.15, 0.2) is 10.5 Å². The van der Waals surface area contributed by atoms with Crippen molar-refractivity contribution in [2.45, 2.75) is 32.7 Å². The van der Waals surface area contributed by atoms with E-state index in [9.17, 15) is 14.4 Å². The summed E-state index contributed by atoms with van der Waals surface area (Å²) in [5, 5.41) is 11.8. The minimum Gasteiger partial charge on any atom is -0.478 e. The molecule has 0 bridgehead atoms. The van der Waals surface area contributed by atoms with Crippen molar-refractivity contribution in [3.63, 3.8) is 0 Å². The van der Waals surface area contributed by atoms with Crippen LogP contribution in [0, 0.1) is 0 Å². The van der Waals surface area contributed by atoms with Gasteiger partial charge in [-0.2, -0.15) is 0 Å². The lowest BCUT2D eigenvalue weighted by molar-refractivity contribution is -0.133. The van der Waals surface area contributed by atoms with Gasteiger partial charge in [0.1, 0.15) is 16.9 Å². The zero-order valence-electron chi connectivity index (χ0n) is 12.2. The van der Waals surface area contributed by atoms with Crippen molar-refractivity contribution in [3.05, 3.63) is 23.2 Å². The third-order valence-electron chi connectivity index (χ3n) is 3.67. The molecule has 0 atom stereocenters. The second kappa shape index (κ2) is 5.23. The van der Waals surface area contributed by atoms with Crippen molar-refractivity contribution < 1.29 is 23.9 Å². The van der Waals surface area contributed by atoms with Crippen LogP contribution < -0.4 is 5.32 Å². The van der Waals surface area contributed by atoms with Crippen LogP contribution in [-0.4, -0.2) is 46.4 Å². The highest BCUT2D eigenvalue weighted by Gasteiger charge is 2.41. The average Bonchev–Trinajstić information content (AvgIpc) is 2.85. The maximum atomic E-state index is 12.5. The Kier molecular flexibility index (Phi) is 3.76. The molecule has 0 spiro atoms. The summed E-state index contributed by atoms with van der Waals surface area (Å²) in [6.07, 6.45) is 0.374. The van der Waals surface area contributed by atoms with Gasteiger partial charge in [-0.15, -0.1) is 0 Å². The molecule has 1 fully saturated rings. The van der Waals surface area contributed by atoms with Crippen molar-refractivity contribution in [1.29, 1.82) is 0 Å². The van der Waals surface area contributed by atoms with E-state index in [1.54, 1.807) is 20.8 Å². The number of rotatable bonds is 3. The van der Waals surface area contributed by atoms with Crippen LogP contribution in [0.3, 0.4) is 0 Å². The van der Waals surface area contributed by atoms with Crippen molar-refractivity contribution in [2.24, 2.45) is 0 Å². The Morgan fingerprint density at radius 3 is 2.67 bits per heavy atom. The van der Waals surface area contributed by atoms with E-state index in [2.05, 4.69) is 5.32 Å². The van der Waals surface area contributed by atoms with Gasteiger partial charge < -0.3 is 19.7 Å². The van der Waals surface area contributed by atoms with E-state index in [4.69, 9.17) is 9.52 Å². The second-order valence-electron chi connectivity index (χ2n) is 5.38. The highest BCUT2D eigenvalue weighted by molar-refractivity contribution is 6.00. The molecule has 1 saturated heterocycles. The molecule has 1 aliphatic heterocycles. The predicted octanol–water partition coefficient (Wildman–Crippen LogP) is 0.891. The molecule has 7 nitrogen and oxygen atoms in total. The minimum absolute atomic E-state index is 0.0138. The number of carbonyl (C=O) groups excluding carboxylic acids is 2. The quantitative estimate of drug-likeness (QED) is 0.862. The smallest absolute Gasteiger partial charge is 0.339 e. The predicted molar refractivity (Wildman–Crippen MR) is 73.2 cm³/mol. The number of carbonyl (C=O) groups is 3. The SMILES string of the molecule is CCc1oc(C(=O)N2CCNC(=O)C2(C)C)cc1C(=O)O. The maximum absolute atomic E-state index is 12.5. The normalized spacial score (nSPS) is 17.5. The number of amides is 2. The van der Waals surface area contributed by atoms with Crippen LogP contribution in [0.5, 0.6) is 0 Å². The summed E-state index contributed by atoms with van der Waals surface area (Å²) in [5.41, 5.74) is -1.02. The van der Waals surface area contributed by atoms with Crippen molar-refractivity contribution in [2.75, 3.05) is 13.1 Å². The number of hydrogen-bond acceptors (Lipinski definition) is 4. The lowest BCUT2D eigenvalue weighted by atomic mass is 9.98. The number of aryl methyl sites for hydroxylation is 1. The van der Waals surface area contributed by atoms with Crippen LogP contribution in [0.25, 0.3) is 0 Å². The maximum Gasteiger partial charge on any atom is 0.339 e. The molecule has 0 unspecified atom stereocenters. The van der Waals surface area contributed by atoms with Crippen LogP contribution in [0.4, 0.5) is 0 Å². The van der Waals surface area contributed by atoms with E-state index in [1.165, 1.54) is 11.0 Å². The fraction of sp³-hybridized carbons (Fsp3) is 0.500. The first-order valence-electron chi connectivity index (χ1n) is 6.75. The molecule has 2 rings (SSSR count). The van der Waals surface area contributed by atoms with Crippen molar-refractivity contribution in [3.8, 4) is 0 Å². The lowest BCUT2D eigenvalue weighted by Gasteiger charge is -2.40. The molecular formula is C14H18N2O5. The minimum atomic E-state index is -1.13. The highest BCUT2D eigenvalue weighted by atomic mass is 16.4. The number of carboxylic acid groups (broad SMARTS) is 1. The van der Waals surface area contributed by atoms with E-state index >= 15 is 0 Å². The Hall–Kier alpha value is -2.31. The van der Waals surface area contributed by atoms with Crippen molar-refractivity contribution in [1.82, 2.24) is 10.2 Å². The molecule has 2 N–H and O–H groups in total. The molecular weight excluding hydrogens is 276 g/mol. The fourth-order valence-corrected chi connectivity index (χ4v) is 2.37. The highest BCUT2D eigenvalue weighted by Crippen LogP contribution is 2.24. The average molecular weight is 294 g/mol. The van der Waals surface area contributed by atoms with E-state index in [0.29, 0.717) is 19.5 Å². The van der Waals surface area contributed by atoms with E-state index in [-0.39, 0.29) is 23.0 Å². The summed E-state index contributed by atoms with van der Waals surface area (Å²) in [5.74, 6) is -1.65. The number of carboxylic acids is 1. The largest absolute Gasteiger partial charge is 0.478 e. The topological polar surface area (TPSA) is 99.9 Å². The summed E-state index contributed by atoms with van der Waals surface area (Å²) in [7, 11) is 0. The first-order chi connectivity index (χ1) is 9.78. The molecule has 21 heavy (non-hydrogen) atoms. The van der Waals surface area contributed by atoms with Gasteiger partial charge in [0.05, 0.1) is 0 Å². The van der Waals surface area contributed by atoms with Gasteiger partial charge in [-0.1, -0.05) is 6.92 Å². The molecule has 0 aromatic carbocycles. The van der Waals surface area contributed by atoms with Gasteiger partial charge in [0, 0.05) is 25.6 Å². The first-order valence-corrected chi connectivity index (χ1v) is 6.75. The number of furan rings is 1. The van der Waals surface area contributed by atoms with Crippen molar-refractivity contribution >= 4 is 17.8 Å². The molecule has 1 aromatic rings. The Bertz CT molecular complexity index is 603. The van der Waals surface area contributed by atoms with Gasteiger partial charge in [-0.25, -0.2) is 4.79 Å². The summed E-state index contributed by atoms with van der Waals surface area (Å²) >= 11 is 0. The van der Waals surface area contributed by atoms with Gasteiger partial charge in [0.25, 0.3) is 5.91 Å². The standard InChI is InChI=1S/C14H18N2O5/c1-4-9-8(12(18)19)7-10(21-9)11(17)16-6-5-15-13(20)14(16,2)3/h7H,4-6H2,1-3H3,(H,15,20)(H,18,19). The Labute approximate surface area is 121 Å². The molecule has 0 radical (unpaired) electrons. The summed E-state index contributed by atoms with van der Waals surface area (Å²) in [6.45, 7) is 5.74. The van der Waals surface area contributed by atoms with Gasteiger partial charge in [-0.3, -0.25) is 9.59 Å². The summed E-state index contributed by atoms with van der Waals surface area (Å²) in [6, 6.07) is 1.23. The van der Waals surface area contributed by atoms with Crippen LogP contribution >= 0.6 is 0 Å². The molecule has 2 heterocycles. The molecule has 7 heteroatoms. The molecule has 0 saturated carbocycles. The van der Waals surface area contributed by atoms with Crippen LogP contribution in [0.1, 0.15) is 47.4 Å². The molecule has 114 valence electrons. The van der Waals surface area contributed by atoms with E-state index < -0.39 is 17.4 Å². The Morgan fingerprint density at radius 2 is 2.14 bits per heavy atom. The summed E-state index contributed by atoms with van der Waals surface area (Å²) in [4.78, 5) is 36.9. The number of aromatic carboxylic acids is 1. The van der Waals surface area contributed by atoms with Gasteiger partial charge >= 0.3 is 5.97 Å². The number of piperazine rings is 1. The second-order valence-corrected chi connectivity index (χ2v) is 5.38. The summed E-state index contributed by atoms with van der Waals surface area (Å²) < 4.78 is 5.37. The van der Waals surface area contributed by atoms with Crippen LogP contribution in [-0.2, 0) is 11.2 Å². The van der Waals surface area contributed by atoms with Gasteiger partial charge in [-0.05, 0) is 13.8 Å². The number of nitrogens with one attached hydrogen (secondary N) is 1. The van der Waals surface area contributed by atoms with E-state index in [1.807, 2.05) is 0 Å². The van der Waals surface area contributed by atoms with Crippen LogP contribution in [0.2, 0.25) is 0 Å². The van der Waals surface area contributed by atoms with Gasteiger partial charge in [0.15, 0.2) is 5.76 Å². The third kappa shape index (κ3) is 2.51. The molecule has 1 aromatic heterocycles. The number of hydrogen-bond donors (Lipinski definition) is 2.